The number of urea groups is 1. The molecule has 13 heteroatoms. The number of halogens is 1. The van der Waals surface area contributed by atoms with Crippen LogP contribution in [-0.4, -0.2) is 64.1 Å². The summed E-state index contributed by atoms with van der Waals surface area (Å²) in [4.78, 5) is 24.5. The molecule has 1 heterocycles. The van der Waals surface area contributed by atoms with Gasteiger partial charge in [-0.25, -0.2) is 9.59 Å². The minimum absolute atomic E-state index is 0.153. The van der Waals surface area contributed by atoms with Crippen molar-refractivity contribution in [1.82, 2.24) is 16.1 Å². The van der Waals surface area contributed by atoms with E-state index in [2.05, 4.69) is 43.8 Å². The number of carbonyl (C=O) groups is 2. The normalized spacial score (nSPS) is 15.8. The van der Waals surface area contributed by atoms with Gasteiger partial charge in [-0.05, 0) is 66.3 Å². The third-order valence-electron chi connectivity index (χ3n) is 5.57. The van der Waals surface area contributed by atoms with Crippen LogP contribution in [0.5, 0.6) is 23.0 Å². The summed E-state index contributed by atoms with van der Waals surface area (Å²) in [6.07, 6.45) is 0.362. The fraction of sp³-hybridized carbons (Fsp3) is 0.346. The van der Waals surface area contributed by atoms with Gasteiger partial charge in [0.2, 0.25) is 0 Å². The Morgan fingerprint density at radius 1 is 1.15 bits per heavy atom. The van der Waals surface area contributed by atoms with Crippen molar-refractivity contribution in [3.8, 4) is 23.0 Å². The number of ether oxygens (including phenoxy) is 5. The first-order valence-corrected chi connectivity index (χ1v) is 12.9. The van der Waals surface area contributed by atoms with E-state index in [-0.39, 0.29) is 12.2 Å². The van der Waals surface area contributed by atoms with Crippen LogP contribution in [0.4, 0.5) is 4.79 Å². The van der Waals surface area contributed by atoms with Crippen LogP contribution < -0.4 is 35.0 Å². The van der Waals surface area contributed by atoms with Gasteiger partial charge in [-0.15, -0.1) is 0 Å². The summed E-state index contributed by atoms with van der Waals surface area (Å²) in [6.45, 7) is 3.62. The molecular weight excluding hydrogens is 623 g/mol. The molecule has 0 radical (unpaired) electrons. The highest BCUT2D eigenvalue weighted by Gasteiger charge is 2.32. The second-order valence-electron chi connectivity index (χ2n) is 8.15. The predicted molar refractivity (Wildman–Crippen MR) is 151 cm³/mol. The molecule has 4 N–H and O–H groups in total. The van der Waals surface area contributed by atoms with Crippen molar-refractivity contribution in [2.45, 2.75) is 26.1 Å². The van der Waals surface area contributed by atoms with E-state index in [1.54, 1.807) is 32.2 Å². The second-order valence-corrected chi connectivity index (χ2v) is 9.39. The Bertz CT molecular complexity index is 1270. The molecule has 0 fully saturated rings. The highest BCUT2D eigenvalue weighted by Crippen LogP contribution is 2.35. The van der Waals surface area contributed by atoms with Gasteiger partial charge >= 0.3 is 12.0 Å². The zero-order valence-electron chi connectivity index (χ0n) is 22.2. The molecule has 1 aliphatic heterocycles. The summed E-state index contributed by atoms with van der Waals surface area (Å²) in [5, 5.41) is 19.8. The minimum Gasteiger partial charge on any atom is -0.493 e. The molecule has 0 aromatic heterocycles. The van der Waals surface area contributed by atoms with E-state index in [4.69, 9.17) is 23.7 Å². The number of hydrogen-bond acceptors (Lipinski definition) is 10. The maximum Gasteiger partial charge on any atom is 0.337 e. The predicted octanol–water partition coefficient (Wildman–Crippen LogP) is 2.83. The summed E-state index contributed by atoms with van der Waals surface area (Å²) in [5.41, 5.74) is 4.52. The van der Waals surface area contributed by atoms with Crippen LogP contribution in [0.1, 0.15) is 31.0 Å². The van der Waals surface area contributed by atoms with Gasteiger partial charge in [0.25, 0.3) is 0 Å². The Hall–Kier alpha value is -3.72. The number of carbonyl (C=O) groups excluding carboxylic acids is 2. The smallest absolute Gasteiger partial charge is 0.337 e. The number of rotatable bonds is 12. The maximum atomic E-state index is 12.4. The fourth-order valence-corrected chi connectivity index (χ4v) is 4.49. The van der Waals surface area contributed by atoms with Gasteiger partial charge in [0.1, 0.15) is 6.61 Å². The molecule has 1 aliphatic rings. The third kappa shape index (κ3) is 7.44. The lowest BCUT2D eigenvalue weighted by molar-refractivity contribution is -0.136. The van der Waals surface area contributed by atoms with Crippen LogP contribution >= 0.6 is 22.6 Å². The first-order chi connectivity index (χ1) is 18.7. The van der Waals surface area contributed by atoms with Crippen molar-refractivity contribution in [2.24, 2.45) is 5.10 Å². The van der Waals surface area contributed by atoms with Gasteiger partial charge in [-0.1, -0.05) is 6.07 Å². The number of aliphatic hydroxyl groups excluding tert-OH is 1. The van der Waals surface area contributed by atoms with E-state index in [1.807, 2.05) is 19.1 Å². The van der Waals surface area contributed by atoms with Gasteiger partial charge < -0.3 is 39.4 Å². The second kappa shape index (κ2) is 13.9. The lowest BCUT2D eigenvalue weighted by Gasteiger charge is -2.28. The molecule has 2 aromatic rings. The van der Waals surface area contributed by atoms with Gasteiger partial charge in [0.05, 0.1) is 45.8 Å². The largest absolute Gasteiger partial charge is 0.493 e. The van der Waals surface area contributed by atoms with Gasteiger partial charge in [0, 0.05) is 14.8 Å². The van der Waals surface area contributed by atoms with E-state index >= 15 is 0 Å². The highest BCUT2D eigenvalue weighted by atomic mass is 127. The summed E-state index contributed by atoms with van der Waals surface area (Å²) in [5.74, 6) is 1.24. The van der Waals surface area contributed by atoms with E-state index in [1.165, 1.54) is 20.4 Å². The van der Waals surface area contributed by atoms with Crippen molar-refractivity contribution in [2.75, 3.05) is 34.5 Å². The highest BCUT2D eigenvalue weighted by molar-refractivity contribution is 14.1. The molecule has 0 saturated carbocycles. The lowest BCUT2D eigenvalue weighted by Crippen LogP contribution is -2.45. The Morgan fingerprint density at radius 3 is 2.59 bits per heavy atom. The molecule has 2 atom stereocenters. The number of nitrogens with zero attached hydrogens (tertiary/aromatic N) is 1. The van der Waals surface area contributed by atoms with Gasteiger partial charge in [-0.3, -0.25) is 5.43 Å². The number of benzene rings is 2. The number of allylic oxidation sites excluding steroid dienone is 1. The topological polar surface area (TPSA) is 149 Å². The molecule has 0 unspecified atom stereocenters. The number of hydrazone groups is 1. The van der Waals surface area contributed by atoms with Crippen LogP contribution in [0, 0.1) is 3.57 Å². The first-order valence-electron chi connectivity index (χ1n) is 11.9. The Labute approximate surface area is 239 Å². The molecule has 39 heavy (non-hydrogen) atoms. The molecule has 210 valence electrons. The number of esters is 1. The molecule has 0 spiro atoms. The lowest BCUT2D eigenvalue weighted by atomic mass is 9.95. The third-order valence-corrected chi connectivity index (χ3v) is 6.19. The van der Waals surface area contributed by atoms with Crippen LogP contribution in [0.15, 0.2) is 46.7 Å². The average molecular weight is 654 g/mol. The number of nitrogens with one attached hydrogen (secondary N) is 3. The fourth-order valence-electron chi connectivity index (χ4n) is 3.87. The zero-order chi connectivity index (χ0) is 28.5. The van der Waals surface area contributed by atoms with E-state index in [9.17, 15) is 14.7 Å². The van der Waals surface area contributed by atoms with Gasteiger partial charge in [0.15, 0.2) is 29.2 Å². The molecule has 3 rings (SSSR count). The van der Waals surface area contributed by atoms with Crippen LogP contribution in [0.2, 0.25) is 0 Å². The Balaban J connectivity index is 1.72. The van der Waals surface area contributed by atoms with E-state index in [0.717, 1.165) is 3.57 Å². The Morgan fingerprint density at radius 2 is 1.92 bits per heavy atom. The van der Waals surface area contributed by atoms with Crippen molar-refractivity contribution < 1.29 is 38.4 Å². The van der Waals surface area contributed by atoms with Crippen molar-refractivity contribution >= 4 is 40.8 Å². The molecular formula is C26H31IN4O8. The Kier molecular flexibility index (Phi) is 10.6. The maximum absolute atomic E-state index is 12.4. The van der Waals surface area contributed by atoms with Crippen LogP contribution in [0.25, 0.3) is 0 Å². The molecule has 0 aliphatic carbocycles. The summed E-state index contributed by atoms with van der Waals surface area (Å²) in [7, 11) is 4.36. The monoisotopic (exact) mass is 654 g/mol. The number of hydrogen-bond donors (Lipinski definition) is 4. The standard InChI is InChI=1S/C26H31IN4O8/c1-6-38-19-10-15(23-22(25(33)37-5)14(2)29-26(34)30-23)7-8-18(19)39-13-21(32)31-28-12-16-9-17(27)11-20(35-3)24(16)36-4/h7-12,21,23,31-32H,6,13H2,1-5H3,(H2,29,30,34)/b28-12+/t21-,23+/m1/s1. The summed E-state index contributed by atoms with van der Waals surface area (Å²) < 4.78 is 28.1. The van der Waals surface area contributed by atoms with Gasteiger partial charge in [-0.2, -0.15) is 5.10 Å². The molecule has 0 bridgehead atoms. The zero-order valence-corrected chi connectivity index (χ0v) is 24.3. The van der Waals surface area contributed by atoms with Crippen molar-refractivity contribution in [3.63, 3.8) is 0 Å². The molecule has 12 nitrogen and oxygen atoms in total. The average Bonchev–Trinajstić information content (AvgIpc) is 2.91. The van der Waals surface area contributed by atoms with Crippen molar-refractivity contribution in [1.29, 1.82) is 0 Å². The van der Waals surface area contributed by atoms with Crippen molar-refractivity contribution in [3.05, 3.63) is 56.3 Å². The first kappa shape index (κ1) is 29.8. The van der Waals surface area contributed by atoms with Crippen LogP contribution in [0.3, 0.4) is 0 Å². The number of amides is 2. The minimum atomic E-state index is -1.15. The van der Waals surface area contributed by atoms with Crippen LogP contribution in [-0.2, 0) is 9.53 Å². The SMILES string of the molecule is CCOc1cc([C@@H]2NC(=O)NC(C)=C2C(=O)OC)ccc1OC[C@@H](O)N/N=C/c1cc(I)cc(OC)c1OC. The van der Waals surface area contributed by atoms with E-state index in [0.29, 0.717) is 46.4 Å². The van der Waals surface area contributed by atoms with E-state index < -0.39 is 24.3 Å². The summed E-state index contributed by atoms with van der Waals surface area (Å²) >= 11 is 2.16. The summed E-state index contributed by atoms with van der Waals surface area (Å²) in [6, 6.07) is 7.49. The molecule has 0 saturated heterocycles. The number of aliphatic hydroxyl groups is 1. The quantitative estimate of drug-likeness (QED) is 0.0892. The number of methoxy groups -OCH3 is 3. The molecule has 2 amide bonds. The molecule has 2 aromatic carbocycles.